The molecule has 0 aliphatic carbocycles. The Morgan fingerprint density at radius 3 is 2.75 bits per heavy atom. The van der Waals surface area contributed by atoms with Crippen molar-refractivity contribution in [1.29, 1.82) is 0 Å². The number of tetrazole rings is 1. The minimum atomic E-state index is -4.86. The lowest BCUT2D eigenvalue weighted by molar-refractivity contribution is -0.207. The van der Waals surface area contributed by atoms with Crippen LogP contribution in [-0.4, -0.2) is 63.3 Å². The van der Waals surface area contributed by atoms with Crippen molar-refractivity contribution in [3.63, 3.8) is 0 Å². The lowest BCUT2D eigenvalue weighted by Crippen LogP contribution is -2.39. The van der Waals surface area contributed by atoms with Crippen molar-refractivity contribution in [1.82, 2.24) is 40.1 Å². The van der Waals surface area contributed by atoms with Crippen LogP contribution in [0.3, 0.4) is 0 Å². The first-order valence-electron chi connectivity index (χ1n) is 12.1. The van der Waals surface area contributed by atoms with Crippen molar-refractivity contribution in [2.45, 2.75) is 43.6 Å². The number of H-pyrrole nitrogens is 1. The Bertz CT molecular complexity index is 1620. The number of aromatic amines is 1. The summed E-state index contributed by atoms with van der Waals surface area (Å²) < 4.78 is 55.4. The summed E-state index contributed by atoms with van der Waals surface area (Å²) in [4.78, 5) is 26.2. The molecule has 0 saturated carbocycles. The maximum absolute atomic E-state index is 15.3. The number of carbonyl (C=O) groups excluding carboxylic acids is 1. The number of carbonyl (C=O) groups is 1. The Hall–Kier alpha value is -4.17. The monoisotopic (exact) mass is 574 g/mol. The summed E-state index contributed by atoms with van der Waals surface area (Å²) in [6.07, 6.45) is -0.726. The molecule has 6 rings (SSSR count). The van der Waals surface area contributed by atoms with Crippen LogP contribution in [0, 0.1) is 5.82 Å². The third kappa shape index (κ3) is 4.52. The second kappa shape index (κ2) is 9.78. The van der Waals surface area contributed by atoms with E-state index in [0.29, 0.717) is 47.6 Å². The van der Waals surface area contributed by atoms with Gasteiger partial charge >= 0.3 is 6.18 Å². The first-order valence-corrected chi connectivity index (χ1v) is 12.5. The zero-order valence-electron chi connectivity index (χ0n) is 20.3. The molecule has 3 aromatic heterocycles. The molecule has 206 valence electrons. The fraction of sp³-hybridized carbons (Fsp3) is 0.280. The standard InChI is InChI=1S/C25H19ClF4N8O2/c26-15-2-4-18(37-11-33-35-36-37)21(22(15)27)13-7-14-1-3-19(38(14)20(39)9-13)24-32-10-17(34-24)12-5-6-31-16(8-12)23(40)25(28,29)30/h2,4-6,8-11,14,19,23,40H,1,3,7H2,(H,32,34)/t14-,19-,23?/m0/s1. The topological polar surface area (TPSA) is 126 Å². The number of aliphatic hydroxyl groups is 1. The van der Waals surface area contributed by atoms with Gasteiger partial charge in [0, 0.05) is 29.4 Å². The number of aliphatic hydroxyl groups excluding tert-OH is 1. The zero-order valence-corrected chi connectivity index (χ0v) is 21.1. The van der Waals surface area contributed by atoms with Gasteiger partial charge in [-0.25, -0.2) is 9.37 Å². The van der Waals surface area contributed by atoms with E-state index in [1.165, 1.54) is 41.6 Å². The van der Waals surface area contributed by atoms with Crippen LogP contribution >= 0.6 is 11.6 Å². The summed E-state index contributed by atoms with van der Waals surface area (Å²) >= 11 is 6.08. The highest BCUT2D eigenvalue weighted by atomic mass is 35.5. The molecule has 40 heavy (non-hydrogen) atoms. The lowest BCUT2D eigenvalue weighted by Gasteiger charge is -2.33. The first kappa shape index (κ1) is 26.1. The number of aromatic nitrogens is 7. The smallest absolute Gasteiger partial charge is 0.378 e. The Morgan fingerprint density at radius 2 is 2.00 bits per heavy atom. The zero-order chi connectivity index (χ0) is 28.2. The van der Waals surface area contributed by atoms with E-state index >= 15 is 4.39 Å². The second-order valence-electron chi connectivity index (χ2n) is 9.47. The number of alkyl halides is 3. The molecule has 1 unspecified atom stereocenters. The van der Waals surface area contributed by atoms with E-state index in [4.69, 9.17) is 11.6 Å². The number of fused-ring (bicyclic) bond motifs is 1. The van der Waals surface area contributed by atoms with Gasteiger partial charge in [0.15, 0.2) is 11.9 Å². The van der Waals surface area contributed by atoms with Crippen LogP contribution < -0.4 is 0 Å². The summed E-state index contributed by atoms with van der Waals surface area (Å²) in [5, 5.41) is 20.5. The van der Waals surface area contributed by atoms with Crippen molar-refractivity contribution in [3.05, 3.63) is 77.0 Å². The normalized spacial score (nSPS) is 20.0. The average molecular weight is 575 g/mol. The number of pyridine rings is 1. The molecule has 2 aliphatic heterocycles. The van der Waals surface area contributed by atoms with E-state index in [1.807, 2.05) is 0 Å². The third-order valence-corrected chi connectivity index (χ3v) is 7.39. The third-order valence-electron chi connectivity index (χ3n) is 7.09. The molecule has 2 N–H and O–H groups in total. The second-order valence-corrected chi connectivity index (χ2v) is 9.88. The van der Waals surface area contributed by atoms with Gasteiger partial charge in [-0.15, -0.1) is 5.10 Å². The van der Waals surface area contributed by atoms with Crippen LogP contribution in [0.25, 0.3) is 22.5 Å². The minimum absolute atomic E-state index is 0.1000. The van der Waals surface area contributed by atoms with E-state index in [2.05, 4.69) is 30.5 Å². The number of benzene rings is 1. The van der Waals surface area contributed by atoms with E-state index in [-0.39, 0.29) is 22.5 Å². The minimum Gasteiger partial charge on any atom is -0.378 e. The Balaban J connectivity index is 1.29. The number of hydrogen-bond donors (Lipinski definition) is 2. The highest BCUT2D eigenvalue weighted by molar-refractivity contribution is 6.31. The van der Waals surface area contributed by atoms with Crippen molar-refractivity contribution < 1.29 is 27.5 Å². The number of nitrogens with zero attached hydrogens (tertiary/aromatic N) is 7. The number of rotatable bonds is 5. The fourth-order valence-corrected chi connectivity index (χ4v) is 5.45. The van der Waals surface area contributed by atoms with Crippen molar-refractivity contribution in [2.24, 2.45) is 0 Å². The molecule has 1 amide bonds. The van der Waals surface area contributed by atoms with Crippen LogP contribution in [-0.2, 0) is 4.79 Å². The highest BCUT2D eigenvalue weighted by Crippen LogP contribution is 2.44. The highest BCUT2D eigenvalue weighted by Gasteiger charge is 2.43. The molecule has 3 atom stereocenters. The molecule has 1 saturated heterocycles. The van der Waals surface area contributed by atoms with Gasteiger partial charge in [-0.05, 0) is 59.5 Å². The lowest BCUT2D eigenvalue weighted by atomic mass is 9.92. The van der Waals surface area contributed by atoms with Crippen molar-refractivity contribution in [3.8, 4) is 16.9 Å². The van der Waals surface area contributed by atoms with E-state index in [0.717, 1.165) is 6.07 Å². The number of imidazole rings is 1. The molecule has 0 spiro atoms. The number of halogens is 5. The van der Waals surface area contributed by atoms with Gasteiger partial charge in [0.1, 0.15) is 12.2 Å². The van der Waals surface area contributed by atoms with Gasteiger partial charge in [0.2, 0.25) is 5.91 Å². The van der Waals surface area contributed by atoms with Crippen molar-refractivity contribution >= 4 is 23.1 Å². The quantitative estimate of drug-likeness (QED) is 0.339. The molecule has 10 nitrogen and oxygen atoms in total. The molecule has 15 heteroatoms. The molecule has 0 radical (unpaired) electrons. The van der Waals surface area contributed by atoms with Gasteiger partial charge in [0.05, 0.1) is 34.3 Å². The van der Waals surface area contributed by atoms with Crippen LogP contribution in [0.2, 0.25) is 5.02 Å². The van der Waals surface area contributed by atoms with Gasteiger partial charge in [-0.1, -0.05) is 11.6 Å². The number of hydrogen-bond acceptors (Lipinski definition) is 7. The largest absolute Gasteiger partial charge is 0.420 e. The summed E-state index contributed by atoms with van der Waals surface area (Å²) in [6.45, 7) is 0. The molecule has 0 bridgehead atoms. The maximum Gasteiger partial charge on any atom is 0.420 e. The molecule has 1 aromatic carbocycles. The van der Waals surface area contributed by atoms with E-state index < -0.39 is 29.8 Å². The number of nitrogens with one attached hydrogen (secondary N) is 1. The molecule has 2 aliphatic rings. The van der Waals surface area contributed by atoms with Crippen LogP contribution in [0.5, 0.6) is 0 Å². The molecule has 5 heterocycles. The van der Waals surface area contributed by atoms with Crippen LogP contribution in [0.15, 0.2) is 49.1 Å². The molecule has 4 aromatic rings. The van der Waals surface area contributed by atoms with E-state index in [1.54, 1.807) is 11.0 Å². The Kier molecular flexibility index (Phi) is 6.38. The number of amides is 1. The predicted molar refractivity (Wildman–Crippen MR) is 132 cm³/mol. The van der Waals surface area contributed by atoms with Gasteiger partial charge < -0.3 is 15.0 Å². The summed E-state index contributed by atoms with van der Waals surface area (Å²) in [7, 11) is 0. The van der Waals surface area contributed by atoms with E-state index in [9.17, 15) is 23.1 Å². The van der Waals surface area contributed by atoms with Crippen molar-refractivity contribution in [2.75, 3.05) is 0 Å². The summed E-state index contributed by atoms with van der Waals surface area (Å²) in [5.74, 6) is -0.561. The molecular formula is C25H19ClF4N8O2. The molecule has 1 fully saturated rings. The Labute approximate surface area is 228 Å². The first-order chi connectivity index (χ1) is 19.1. The summed E-state index contributed by atoms with van der Waals surface area (Å²) in [5.41, 5.74) is 1.16. The molecular weight excluding hydrogens is 556 g/mol. The summed E-state index contributed by atoms with van der Waals surface area (Å²) in [6, 6.07) is 4.93. The van der Waals surface area contributed by atoms with Gasteiger partial charge in [0.25, 0.3) is 0 Å². The Morgan fingerprint density at radius 1 is 1.18 bits per heavy atom. The van der Waals surface area contributed by atoms with Gasteiger partial charge in [-0.2, -0.15) is 17.9 Å². The predicted octanol–water partition coefficient (Wildman–Crippen LogP) is 4.36. The van der Waals surface area contributed by atoms with Crippen LogP contribution in [0.1, 0.15) is 48.5 Å². The fourth-order valence-electron chi connectivity index (χ4n) is 5.29. The SMILES string of the molecule is O=C1C=C(c2c(-n3cnnn3)ccc(Cl)c2F)C[C@@H]2CC[C@@H](c3ncc(-c4ccnc(C(O)C(F)(F)F)c4)[nH]3)N12. The maximum atomic E-state index is 15.3. The van der Waals surface area contributed by atoms with Gasteiger partial charge in [-0.3, -0.25) is 9.78 Å². The van der Waals surface area contributed by atoms with Crippen LogP contribution in [0.4, 0.5) is 17.6 Å². The average Bonchev–Trinajstić information content (AvgIpc) is 3.70.